The first kappa shape index (κ1) is 23.0. The Morgan fingerprint density at radius 3 is 2.55 bits per heavy atom. The minimum absolute atomic E-state index is 0.0556. The number of nitrogens with zero attached hydrogens (tertiary/aromatic N) is 4. The molecule has 0 saturated carbocycles. The Hall–Kier alpha value is -3.15. The summed E-state index contributed by atoms with van der Waals surface area (Å²) in [6, 6.07) is 9.77. The number of nitrogens with one attached hydrogen (secondary N) is 1. The van der Waals surface area contributed by atoms with E-state index in [2.05, 4.69) is 15.3 Å². The summed E-state index contributed by atoms with van der Waals surface area (Å²) < 4.78 is 37.5. The lowest BCUT2D eigenvalue weighted by atomic mass is 10.3. The number of methoxy groups -OCH3 is 1. The van der Waals surface area contributed by atoms with Gasteiger partial charge in [-0.25, -0.2) is 18.4 Å². The van der Waals surface area contributed by atoms with Gasteiger partial charge < -0.3 is 19.4 Å². The zero-order valence-corrected chi connectivity index (χ0v) is 19.3. The molecule has 0 atom stereocenters. The predicted octanol–water partition coefficient (Wildman–Crippen LogP) is 2.49. The minimum atomic E-state index is -3.68. The molecule has 10 nitrogen and oxygen atoms in total. The zero-order valence-electron chi connectivity index (χ0n) is 17.8. The Kier molecular flexibility index (Phi) is 6.82. The normalized spacial score (nSPS) is 14.8. The lowest BCUT2D eigenvalue weighted by Gasteiger charge is -2.34. The number of benzene rings is 1. The van der Waals surface area contributed by atoms with Crippen molar-refractivity contribution >= 4 is 33.5 Å². The van der Waals surface area contributed by atoms with E-state index in [4.69, 9.17) is 20.8 Å². The molecule has 0 unspecified atom stereocenters. The quantitative estimate of drug-likeness (QED) is 0.535. The fourth-order valence-corrected chi connectivity index (χ4v) is 4.95. The van der Waals surface area contributed by atoms with Crippen molar-refractivity contribution < 1.29 is 22.4 Å². The van der Waals surface area contributed by atoms with Crippen molar-refractivity contribution in [3.8, 4) is 5.75 Å². The number of aromatic nitrogens is 2. The molecule has 1 aliphatic heterocycles. The summed E-state index contributed by atoms with van der Waals surface area (Å²) in [5, 5.41) is 3.11. The summed E-state index contributed by atoms with van der Waals surface area (Å²) in [6.07, 6.45) is 2.92. The molecule has 33 heavy (non-hydrogen) atoms. The molecule has 0 radical (unpaired) electrons. The van der Waals surface area contributed by atoms with E-state index in [1.165, 1.54) is 34.6 Å². The van der Waals surface area contributed by atoms with Crippen LogP contribution in [0.2, 0.25) is 5.02 Å². The van der Waals surface area contributed by atoms with Gasteiger partial charge in [0.25, 0.3) is 5.91 Å². The largest absolute Gasteiger partial charge is 0.497 e. The molecule has 1 aromatic carbocycles. The maximum Gasteiger partial charge on any atom is 0.274 e. The molecule has 0 bridgehead atoms. The summed E-state index contributed by atoms with van der Waals surface area (Å²) >= 11 is 6.18. The highest BCUT2D eigenvalue weighted by Crippen LogP contribution is 2.22. The average Bonchev–Trinajstić information content (AvgIpc) is 3.37. The van der Waals surface area contributed by atoms with Gasteiger partial charge in [-0.1, -0.05) is 11.6 Å². The number of ether oxygens (including phenoxy) is 1. The number of amides is 1. The van der Waals surface area contributed by atoms with Crippen LogP contribution in [-0.4, -0.2) is 66.8 Å². The number of anilines is 1. The topological polar surface area (TPSA) is 118 Å². The first-order chi connectivity index (χ1) is 15.9. The molecular formula is C21H22ClN5O5S. The molecular weight excluding hydrogens is 470 g/mol. The molecule has 2 aromatic heterocycles. The molecule has 174 valence electrons. The third kappa shape index (κ3) is 5.10. The molecule has 12 heteroatoms. The summed E-state index contributed by atoms with van der Waals surface area (Å²) in [4.78, 5) is 23.1. The van der Waals surface area contributed by atoms with Gasteiger partial charge in [-0.3, -0.25) is 4.79 Å². The van der Waals surface area contributed by atoms with Crippen LogP contribution in [0.15, 0.2) is 58.2 Å². The van der Waals surface area contributed by atoms with Crippen molar-refractivity contribution in [2.45, 2.75) is 11.4 Å². The monoisotopic (exact) mass is 491 g/mol. The number of hydrogen-bond donors (Lipinski definition) is 1. The Labute approximate surface area is 196 Å². The van der Waals surface area contributed by atoms with Crippen LogP contribution in [0.3, 0.4) is 0 Å². The first-order valence-electron chi connectivity index (χ1n) is 10.1. The number of furan rings is 1. The van der Waals surface area contributed by atoms with Crippen LogP contribution in [0, 0.1) is 0 Å². The molecule has 1 aliphatic rings. The van der Waals surface area contributed by atoms with Crippen LogP contribution in [0.5, 0.6) is 5.75 Å². The standard InChI is InChI=1S/C21H22ClN5O5S/c1-31-15-4-6-17(7-5-15)33(29,30)27-10-8-26(9-11-27)20(28)19-18(22)14-24-21(25-19)23-13-16-3-2-12-32-16/h2-7,12,14H,8-11,13H2,1H3,(H,23,24,25). The van der Waals surface area contributed by atoms with Gasteiger partial charge in [0.15, 0.2) is 5.69 Å². The maximum absolute atomic E-state index is 13.0. The number of sulfonamides is 1. The average molecular weight is 492 g/mol. The van der Waals surface area contributed by atoms with Crippen molar-refractivity contribution in [2.24, 2.45) is 0 Å². The number of carbonyl (C=O) groups is 1. The van der Waals surface area contributed by atoms with Crippen LogP contribution >= 0.6 is 11.6 Å². The zero-order chi connectivity index (χ0) is 23.4. The van der Waals surface area contributed by atoms with E-state index in [9.17, 15) is 13.2 Å². The fourth-order valence-electron chi connectivity index (χ4n) is 3.36. The van der Waals surface area contributed by atoms with E-state index in [1.807, 2.05) is 0 Å². The first-order valence-corrected chi connectivity index (χ1v) is 11.9. The van der Waals surface area contributed by atoms with Gasteiger partial charge in [0.05, 0.1) is 36.0 Å². The van der Waals surface area contributed by atoms with E-state index in [1.54, 1.807) is 30.5 Å². The highest BCUT2D eigenvalue weighted by Gasteiger charge is 2.31. The van der Waals surface area contributed by atoms with E-state index >= 15 is 0 Å². The SMILES string of the molecule is COc1ccc(S(=O)(=O)N2CCN(C(=O)c3nc(NCc4ccco4)ncc3Cl)CC2)cc1. The van der Waals surface area contributed by atoms with Crippen LogP contribution in [0.1, 0.15) is 16.2 Å². The summed E-state index contributed by atoms with van der Waals surface area (Å²) in [6.45, 7) is 1.09. The Balaban J connectivity index is 1.41. The second-order valence-electron chi connectivity index (χ2n) is 7.19. The van der Waals surface area contributed by atoms with Crippen LogP contribution in [-0.2, 0) is 16.6 Å². The van der Waals surface area contributed by atoms with Crippen molar-refractivity contribution in [3.05, 3.63) is 65.3 Å². The van der Waals surface area contributed by atoms with Crippen molar-refractivity contribution in [3.63, 3.8) is 0 Å². The second-order valence-corrected chi connectivity index (χ2v) is 9.54. The van der Waals surface area contributed by atoms with Crippen molar-refractivity contribution in [1.29, 1.82) is 0 Å². The number of halogens is 1. The molecule has 4 rings (SSSR count). The number of piperazine rings is 1. The maximum atomic E-state index is 13.0. The molecule has 0 spiro atoms. The van der Waals surface area contributed by atoms with Gasteiger partial charge in [0.2, 0.25) is 16.0 Å². The van der Waals surface area contributed by atoms with Gasteiger partial charge in [0.1, 0.15) is 11.5 Å². The second kappa shape index (κ2) is 9.77. The van der Waals surface area contributed by atoms with Crippen LogP contribution in [0.4, 0.5) is 5.95 Å². The summed E-state index contributed by atoms with van der Waals surface area (Å²) in [5.74, 6) is 1.12. The lowest BCUT2D eigenvalue weighted by molar-refractivity contribution is 0.0692. The van der Waals surface area contributed by atoms with Gasteiger partial charge in [-0.15, -0.1) is 0 Å². The number of rotatable bonds is 7. The smallest absolute Gasteiger partial charge is 0.274 e. The van der Waals surface area contributed by atoms with E-state index in [0.717, 1.165) is 0 Å². The minimum Gasteiger partial charge on any atom is -0.497 e. The van der Waals surface area contributed by atoms with Crippen LogP contribution < -0.4 is 10.1 Å². The van der Waals surface area contributed by atoms with E-state index < -0.39 is 10.0 Å². The molecule has 1 amide bonds. The Morgan fingerprint density at radius 1 is 1.18 bits per heavy atom. The van der Waals surface area contributed by atoms with Crippen LogP contribution in [0.25, 0.3) is 0 Å². The Bertz CT molecular complexity index is 1210. The van der Waals surface area contributed by atoms with Gasteiger partial charge in [-0.2, -0.15) is 4.31 Å². The molecule has 3 heterocycles. The van der Waals surface area contributed by atoms with E-state index in [-0.39, 0.29) is 53.6 Å². The van der Waals surface area contributed by atoms with Gasteiger partial charge >= 0.3 is 0 Å². The molecule has 1 N–H and O–H groups in total. The third-order valence-corrected chi connectivity index (χ3v) is 7.36. The van der Waals surface area contributed by atoms with E-state index in [0.29, 0.717) is 18.1 Å². The number of carbonyl (C=O) groups excluding carboxylic acids is 1. The highest BCUT2D eigenvalue weighted by molar-refractivity contribution is 7.89. The number of hydrogen-bond acceptors (Lipinski definition) is 8. The fraction of sp³-hybridized carbons (Fsp3) is 0.286. The summed E-state index contributed by atoms with van der Waals surface area (Å²) in [7, 11) is -2.16. The Morgan fingerprint density at radius 2 is 1.91 bits per heavy atom. The lowest BCUT2D eigenvalue weighted by Crippen LogP contribution is -2.50. The molecule has 1 saturated heterocycles. The van der Waals surface area contributed by atoms with Crippen molar-refractivity contribution in [2.75, 3.05) is 38.6 Å². The molecule has 1 fully saturated rings. The molecule has 0 aliphatic carbocycles. The highest BCUT2D eigenvalue weighted by atomic mass is 35.5. The predicted molar refractivity (Wildman–Crippen MR) is 121 cm³/mol. The van der Waals surface area contributed by atoms with Gasteiger partial charge in [-0.05, 0) is 36.4 Å². The van der Waals surface area contributed by atoms with Crippen molar-refractivity contribution in [1.82, 2.24) is 19.2 Å². The van der Waals surface area contributed by atoms with Gasteiger partial charge in [0, 0.05) is 26.2 Å². The summed E-state index contributed by atoms with van der Waals surface area (Å²) in [5.41, 5.74) is 0.0556. The molecule has 3 aromatic rings. The third-order valence-electron chi connectivity index (χ3n) is 5.17.